The number of rotatable bonds is 77. The maximum atomic E-state index is 13.4. The predicted molar refractivity (Wildman–Crippen MR) is 425 cm³/mol. The summed E-state index contributed by atoms with van der Waals surface area (Å²) in [5.41, 5.74) is 0. The van der Waals surface area contributed by atoms with E-state index in [2.05, 4.69) is 31.3 Å². The Morgan fingerprint density at radius 3 is 0.961 bits per heavy atom. The number of aliphatic hydroxyl groups is 8. The van der Waals surface area contributed by atoms with Crippen molar-refractivity contribution in [2.24, 2.45) is 0 Å². The molecule has 0 saturated carbocycles. The minimum Gasteiger partial charge on any atom is -0.394 e. The van der Waals surface area contributed by atoms with E-state index in [0.29, 0.717) is 12.8 Å². The molecule has 0 aromatic rings. The van der Waals surface area contributed by atoms with Gasteiger partial charge in [0.05, 0.1) is 32.0 Å². The second-order valence-electron chi connectivity index (χ2n) is 31.7. The zero-order chi connectivity index (χ0) is 73.7. The van der Waals surface area contributed by atoms with Crippen LogP contribution in [0.4, 0.5) is 0 Å². The number of allylic oxidation sites excluding steroid dienone is 3. The van der Waals surface area contributed by atoms with E-state index in [1.54, 1.807) is 6.08 Å². The molecule has 12 atom stereocenters. The first-order valence-corrected chi connectivity index (χ1v) is 44.6. The van der Waals surface area contributed by atoms with Crippen molar-refractivity contribution >= 4 is 5.91 Å². The molecule has 14 nitrogen and oxygen atoms in total. The quantitative estimate of drug-likeness (QED) is 0.0204. The third-order valence-corrected chi connectivity index (χ3v) is 22.1. The lowest BCUT2D eigenvalue weighted by atomic mass is 9.97. The molecule has 14 heteroatoms. The summed E-state index contributed by atoms with van der Waals surface area (Å²) in [7, 11) is 0. The van der Waals surface area contributed by atoms with E-state index in [1.807, 2.05) is 6.08 Å². The van der Waals surface area contributed by atoms with Gasteiger partial charge in [-0.15, -0.1) is 0 Å². The van der Waals surface area contributed by atoms with Gasteiger partial charge in [0.25, 0.3) is 0 Å². The molecular weight excluding hydrogens is 1280 g/mol. The molecule has 2 aliphatic heterocycles. The number of nitrogens with one attached hydrogen (secondary N) is 1. The Morgan fingerprint density at radius 1 is 0.343 bits per heavy atom. The number of aliphatic hydroxyl groups excluding tert-OH is 8. The summed E-state index contributed by atoms with van der Waals surface area (Å²) in [5, 5.41) is 87.8. The number of unbranched alkanes of at least 4 members (excludes halogenated alkanes) is 62. The van der Waals surface area contributed by atoms with Crippen LogP contribution < -0.4 is 5.32 Å². The Kier molecular flexibility index (Phi) is 68.5. The molecule has 0 bridgehead atoms. The van der Waals surface area contributed by atoms with Crippen LogP contribution in [0, 0.1) is 0 Å². The highest BCUT2D eigenvalue weighted by Crippen LogP contribution is 2.31. The number of amides is 1. The highest BCUT2D eigenvalue weighted by molar-refractivity contribution is 5.76. The van der Waals surface area contributed by atoms with E-state index in [1.165, 1.54) is 372 Å². The largest absolute Gasteiger partial charge is 0.394 e. The Balaban J connectivity index is 1.56. The zero-order valence-electron chi connectivity index (χ0n) is 66.6. The molecule has 0 spiro atoms. The van der Waals surface area contributed by atoms with E-state index in [4.69, 9.17) is 18.9 Å². The Morgan fingerprint density at radius 2 is 0.627 bits per heavy atom. The van der Waals surface area contributed by atoms with E-state index < -0.39 is 86.8 Å². The van der Waals surface area contributed by atoms with Crippen molar-refractivity contribution in [2.45, 2.75) is 511 Å². The van der Waals surface area contributed by atoms with Gasteiger partial charge in [0, 0.05) is 6.42 Å². The number of ether oxygens (including phenoxy) is 4. The minimum atomic E-state index is -1.79. The Labute approximate surface area is 628 Å². The average molecular weight is 1450 g/mol. The molecule has 2 fully saturated rings. The first-order valence-electron chi connectivity index (χ1n) is 44.6. The van der Waals surface area contributed by atoms with Gasteiger partial charge in [0.2, 0.25) is 5.91 Å². The molecule has 0 radical (unpaired) electrons. The molecule has 102 heavy (non-hydrogen) atoms. The molecule has 2 aliphatic rings. The summed E-state index contributed by atoms with van der Waals surface area (Å²) in [5.74, 6) is -0.238. The van der Waals surface area contributed by atoms with Gasteiger partial charge in [0.15, 0.2) is 12.6 Å². The minimum absolute atomic E-state index is 0.238. The SMILES string of the molecule is CCCCCCCCCCCCCCCCCCCCCCCCC/C=C/CC/C=C/C(O)C(COC1OC(CO)C(OC2OC(CO)C(O)C(O)C2O)C(O)C1O)NC(=O)CCCCCCCCCCCCCCCCCCCCCCCCCCCCCCCCCCCCCCCCC. The molecule has 2 heterocycles. The van der Waals surface area contributed by atoms with E-state index in [0.717, 1.165) is 32.1 Å². The zero-order valence-corrected chi connectivity index (χ0v) is 66.6. The van der Waals surface area contributed by atoms with Crippen LogP contribution in [-0.4, -0.2) is 140 Å². The smallest absolute Gasteiger partial charge is 0.220 e. The molecule has 9 N–H and O–H groups in total. The fourth-order valence-electron chi connectivity index (χ4n) is 15.1. The summed E-state index contributed by atoms with van der Waals surface area (Å²) in [6, 6.07) is -0.931. The van der Waals surface area contributed by atoms with Crippen LogP contribution in [0.1, 0.15) is 438 Å². The number of carbonyl (C=O) groups is 1. The molecule has 0 aromatic heterocycles. The van der Waals surface area contributed by atoms with Gasteiger partial charge in [-0.3, -0.25) is 4.79 Å². The van der Waals surface area contributed by atoms with E-state index in [-0.39, 0.29) is 18.9 Å². The van der Waals surface area contributed by atoms with E-state index >= 15 is 0 Å². The fourth-order valence-corrected chi connectivity index (χ4v) is 15.1. The molecule has 2 rings (SSSR count). The van der Waals surface area contributed by atoms with Gasteiger partial charge >= 0.3 is 0 Å². The molecular formula is C88H169NO13. The third-order valence-electron chi connectivity index (χ3n) is 22.1. The lowest BCUT2D eigenvalue weighted by Gasteiger charge is -2.46. The van der Waals surface area contributed by atoms with Crippen LogP contribution in [0.5, 0.6) is 0 Å². The summed E-state index contributed by atoms with van der Waals surface area (Å²) < 4.78 is 22.9. The number of hydrogen-bond acceptors (Lipinski definition) is 13. The first-order chi connectivity index (χ1) is 50.1. The van der Waals surface area contributed by atoms with Gasteiger partial charge in [-0.2, -0.15) is 0 Å². The maximum absolute atomic E-state index is 13.4. The second kappa shape index (κ2) is 72.3. The van der Waals surface area contributed by atoms with Crippen molar-refractivity contribution in [3.63, 3.8) is 0 Å². The van der Waals surface area contributed by atoms with Crippen molar-refractivity contribution in [3.05, 3.63) is 24.3 Å². The highest BCUT2D eigenvalue weighted by Gasteiger charge is 2.51. The summed E-state index contributed by atoms with van der Waals surface area (Å²) >= 11 is 0. The van der Waals surface area contributed by atoms with Gasteiger partial charge < -0.3 is 65.1 Å². The molecule has 0 aliphatic carbocycles. The molecule has 0 aromatic carbocycles. The molecule has 2 saturated heterocycles. The Bertz CT molecular complexity index is 1810. The lowest BCUT2D eigenvalue weighted by Crippen LogP contribution is -2.65. The lowest BCUT2D eigenvalue weighted by molar-refractivity contribution is -0.359. The molecule has 1 amide bonds. The topological polar surface area (TPSA) is 228 Å². The van der Waals surface area contributed by atoms with Crippen molar-refractivity contribution in [1.82, 2.24) is 5.32 Å². The molecule has 12 unspecified atom stereocenters. The monoisotopic (exact) mass is 1450 g/mol. The van der Waals surface area contributed by atoms with Crippen molar-refractivity contribution in [3.8, 4) is 0 Å². The standard InChI is InChI=1S/C88H169NO13/c1-3-5-7-9-11-13-15-17-19-21-23-25-27-29-31-33-34-35-36-37-38-39-40-41-42-44-46-48-50-52-54-56-58-60-62-64-66-68-70-72-80(93)89-76(75-99-87-85(98)83(96)86(79(74-91)101-87)102-88-84(97)82(95)81(94)78(73-90)100-88)77(92)71-69-67-65-63-61-59-57-55-53-51-49-47-45-43-32-30-28-26-24-22-20-18-16-14-12-10-8-6-4-2/h61,63,69,71,76-79,81-88,90-92,94-98H,3-60,62,64-68,70,72-75H2,1-2H3,(H,89,93)/b63-61+,71-69+. The van der Waals surface area contributed by atoms with Crippen molar-refractivity contribution < 1.29 is 64.6 Å². The van der Waals surface area contributed by atoms with Crippen molar-refractivity contribution in [1.29, 1.82) is 0 Å². The van der Waals surface area contributed by atoms with Crippen molar-refractivity contribution in [2.75, 3.05) is 19.8 Å². The van der Waals surface area contributed by atoms with Gasteiger partial charge in [0.1, 0.15) is 48.8 Å². The summed E-state index contributed by atoms with van der Waals surface area (Å²) in [4.78, 5) is 13.4. The fraction of sp³-hybridized carbons (Fsp3) is 0.943. The maximum Gasteiger partial charge on any atom is 0.220 e. The summed E-state index contributed by atoms with van der Waals surface area (Å²) in [6.45, 7) is 2.87. The van der Waals surface area contributed by atoms with Gasteiger partial charge in [-0.05, 0) is 32.1 Å². The Hall–Kier alpha value is -1.53. The number of hydrogen-bond donors (Lipinski definition) is 9. The van der Waals surface area contributed by atoms with Crippen LogP contribution >= 0.6 is 0 Å². The average Bonchev–Trinajstić information content (AvgIpc) is 0.790. The highest BCUT2D eigenvalue weighted by atomic mass is 16.7. The van der Waals surface area contributed by atoms with Crippen LogP contribution in [0.25, 0.3) is 0 Å². The first kappa shape index (κ1) is 96.5. The van der Waals surface area contributed by atoms with Crippen LogP contribution in [-0.2, 0) is 23.7 Å². The van der Waals surface area contributed by atoms with Crippen LogP contribution in [0.15, 0.2) is 24.3 Å². The van der Waals surface area contributed by atoms with Crippen LogP contribution in [0.2, 0.25) is 0 Å². The predicted octanol–water partition coefficient (Wildman–Crippen LogP) is 21.4. The normalized spacial score (nSPS) is 21.7. The third kappa shape index (κ3) is 54.1. The van der Waals surface area contributed by atoms with Gasteiger partial charge in [-0.25, -0.2) is 0 Å². The van der Waals surface area contributed by atoms with Crippen LogP contribution in [0.3, 0.4) is 0 Å². The number of carbonyl (C=O) groups excluding carboxylic acids is 1. The van der Waals surface area contributed by atoms with Gasteiger partial charge in [-0.1, -0.05) is 423 Å². The summed E-state index contributed by atoms with van der Waals surface area (Å²) in [6.07, 6.45) is 78.8. The van der Waals surface area contributed by atoms with E-state index in [9.17, 15) is 45.6 Å². The second-order valence-corrected chi connectivity index (χ2v) is 31.7. The molecule has 604 valence electrons.